The van der Waals surface area contributed by atoms with Crippen molar-refractivity contribution in [1.29, 1.82) is 0 Å². The van der Waals surface area contributed by atoms with Crippen molar-refractivity contribution in [3.05, 3.63) is 59.2 Å². The molecule has 0 aromatic heterocycles. The van der Waals surface area contributed by atoms with E-state index in [1.54, 1.807) is 37.1 Å². The summed E-state index contributed by atoms with van der Waals surface area (Å²) < 4.78 is 0. The van der Waals surface area contributed by atoms with Crippen molar-refractivity contribution in [2.24, 2.45) is 0 Å². The van der Waals surface area contributed by atoms with E-state index in [0.29, 0.717) is 23.4 Å². The molecule has 0 bridgehead atoms. The lowest BCUT2D eigenvalue weighted by molar-refractivity contribution is 0.0784. The summed E-state index contributed by atoms with van der Waals surface area (Å²) in [5, 5.41) is 9.67. The maximum absolute atomic E-state index is 12.4. The zero-order valence-electron chi connectivity index (χ0n) is 11.6. The first kappa shape index (κ1) is 13.9. The highest BCUT2D eigenvalue weighted by molar-refractivity contribution is 5.96. The minimum atomic E-state index is -0.137. The molecular formula is C16H18N2O2. The molecule has 0 aliphatic rings. The van der Waals surface area contributed by atoms with Crippen LogP contribution in [0.4, 0.5) is 5.69 Å². The molecule has 0 spiro atoms. The van der Waals surface area contributed by atoms with E-state index in [4.69, 9.17) is 5.73 Å². The molecule has 0 aliphatic heterocycles. The summed E-state index contributed by atoms with van der Waals surface area (Å²) in [6.07, 6.45) is 0. The smallest absolute Gasteiger partial charge is 0.254 e. The molecule has 4 heteroatoms. The Morgan fingerprint density at radius 3 is 2.60 bits per heavy atom. The van der Waals surface area contributed by atoms with E-state index >= 15 is 0 Å². The number of amides is 1. The summed E-state index contributed by atoms with van der Waals surface area (Å²) in [5.41, 5.74) is 8.54. The number of nitrogens with two attached hydrogens (primary N) is 1. The number of carbonyl (C=O) groups excluding carboxylic acids is 1. The molecule has 0 fully saturated rings. The molecule has 0 atom stereocenters. The van der Waals surface area contributed by atoms with Gasteiger partial charge in [-0.3, -0.25) is 4.79 Å². The maximum atomic E-state index is 12.4. The predicted molar refractivity (Wildman–Crippen MR) is 79.5 cm³/mol. The van der Waals surface area contributed by atoms with E-state index in [9.17, 15) is 9.90 Å². The van der Waals surface area contributed by atoms with Gasteiger partial charge in [0, 0.05) is 30.4 Å². The van der Waals surface area contributed by atoms with Crippen LogP contribution in [-0.2, 0) is 6.54 Å². The van der Waals surface area contributed by atoms with E-state index in [1.165, 1.54) is 0 Å². The minimum Gasteiger partial charge on any atom is -0.508 e. The van der Waals surface area contributed by atoms with Gasteiger partial charge in [-0.2, -0.15) is 0 Å². The summed E-state index contributed by atoms with van der Waals surface area (Å²) in [7, 11) is 1.72. The third-order valence-electron chi connectivity index (χ3n) is 3.34. The standard InChI is InChI=1S/C16H18N2O2/c1-11-13(7-5-9-15(11)19)16(20)18(2)10-12-6-3-4-8-14(12)17/h3-9,19H,10,17H2,1-2H3. The normalized spacial score (nSPS) is 10.3. The number of nitrogen functional groups attached to an aromatic ring is 1. The summed E-state index contributed by atoms with van der Waals surface area (Å²) >= 11 is 0. The second kappa shape index (κ2) is 5.65. The van der Waals surface area contributed by atoms with Gasteiger partial charge in [0.2, 0.25) is 0 Å². The van der Waals surface area contributed by atoms with Crippen molar-refractivity contribution in [2.75, 3.05) is 12.8 Å². The number of benzene rings is 2. The fourth-order valence-corrected chi connectivity index (χ4v) is 2.07. The Kier molecular flexibility index (Phi) is 3.94. The van der Waals surface area contributed by atoms with Crippen molar-refractivity contribution >= 4 is 11.6 Å². The Morgan fingerprint density at radius 2 is 1.90 bits per heavy atom. The molecule has 2 aromatic rings. The zero-order valence-corrected chi connectivity index (χ0v) is 11.6. The van der Waals surface area contributed by atoms with E-state index in [-0.39, 0.29) is 11.7 Å². The molecule has 1 amide bonds. The quantitative estimate of drug-likeness (QED) is 0.842. The van der Waals surface area contributed by atoms with Crippen molar-refractivity contribution in [2.45, 2.75) is 13.5 Å². The third-order valence-corrected chi connectivity index (χ3v) is 3.34. The Bertz CT molecular complexity index is 638. The minimum absolute atomic E-state index is 0.128. The number of aromatic hydroxyl groups is 1. The summed E-state index contributed by atoms with van der Waals surface area (Å²) in [4.78, 5) is 14.0. The highest BCUT2D eigenvalue weighted by atomic mass is 16.3. The monoisotopic (exact) mass is 270 g/mol. The number of nitrogens with zero attached hydrogens (tertiary/aromatic N) is 1. The first-order valence-electron chi connectivity index (χ1n) is 6.38. The second-order valence-corrected chi connectivity index (χ2v) is 4.81. The number of hydrogen-bond acceptors (Lipinski definition) is 3. The second-order valence-electron chi connectivity index (χ2n) is 4.81. The Hall–Kier alpha value is -2.49. The molecule has 4 nitrogen and oxygen atoms in total. The van der Waals surface area contributed by atoms with E-state index in [2.05, 4.69) is 0 Å². The van der Waals surface area contributed by atoms with E-state index < -0.39 is 0 Å². The number of para-hydroxylation sites is 1. The van der Waals surface area contributed by atoms with Crippen LogP contribution in [-0.4, -0.2) is 23.0 Å². The van der Waals surface area contributed by atoms with Gasteiger partial charge in [0.15, 0.2) is 0 Å². The highest BCUT2D eigenvalue weighted by Crippen LogP contribution is 2.21. The Balaban J connectivity index is 2.21. The van der Waals surface area contributed by atoms with Crippen molar-refractivity contribution in [1.82, 2.24) is 4.90 Å². The number of phenols is 1. The molecule has 0 saturated heterocycles. The van der Waals surface area contributed by atoms with Crippen molar-refractivity contribution in [3.63, 3.8) is 0 Å². The van der Waals surface area contributed by atoms with Gasteiger partial charge in [-0.15, -0.1) is 0 Å². The van der Waals surface area contributed by atoms with Crippen LogP contribution in [0.1, 0.15) is 21.5 Å². The van der Waals surface area contributed by atoms with Crippen LogP contribution >= 0.6 is 0 Å². The lowest BCUT2D eigenvalue weighted by Crippen LogP contribution is -2.27. The topological polar surface area (TPSA) is 66.6 Å². The van der Waals surface area contributed by atoms with Crippen molar-refractivity contribution < 1.29 is 9.90 Å². The van der Waals surface area contributed by atoms with Gasteiger partial charge in [0.05, 0.1) is 0 Å². The number of carbonyl (C=O) groups is 1. The molecule has 20 heavy (non-hydrogen) atoms. The van der Waals surface area contributed by atoms with Crippen LogP contribution in [0.25, 0.3) is 0 Å². The largest absolute Gasteiger partial charge is 0.508 e. The SMILES string of the molecule is Cc1c(O)cccc1C(=O)N(C)Cc1ccccc1N. The lowest BCUT2D eigenvalue weighted by atomic mass is 10.1. The molecule has 0 radical (unpaired) electrons. The summed E-state index contributed by atoms with van der Waals surface area (Å²) in [5.74, 6) is -0.00914. The van der Waals surface area contributed by atoms with E-state index in [1.807, 2.05) is 24.3 Å². The Labute approximate surface area is 118 Å². The van der Waals surface area contributed by atoms with Gasteiger partial charge in [-0.05, 0) is 30.7 Å². The molecule has 0 saturated carbocycles. The third kappa shape index (κ3) is 2.74. The zero-order chi connectivity index (χ0) is 14.7. The van der Waals surface area contributed by atoms with Gasteiger partial charge in [0.1, 0.15) is 5.75 Å². The van der Waals surface area contributed by atoms with Gasteiger partial charge >= 0.3 is 0 Å². The average Bonchev–Trinajstić information content (AvgIpc) is 2.43. The van der Waals surface area contributed by atoms with Gasteiger partial charge in [-0.1, -0.05) is 24.3 Å². The molecular weight excluding hydrogens is 252 g/mol. The lowest BCUT2D eigenvalue weighted by Gasteiger charge is -2.19. The van der Waals surface area contributed by atoms with Gasteiger partial charge < -0.3 is 15.7 Å². The van der Waals surface area contributed by atoms with Crippen LogP contribution in [0.3, 0.4) is 0 Å². The van der Waals surface area contributed by atoms with Crippen molar-refractivity contribution in [3.8, 4) is 5.75 Å². The van der Waals surface area contributed by atoms with Crippen LogP contribution in [0, 0.1) is 6.92 Å². The summed E-state index contributed by atoms with van der Waals surface area (Å²) in [6, 6.07) is 12.4. The number of rotatable bonds is 3. The number of hydrogen-bond donors (Lipinski definition) is 2. The molecule has 0 heterocycles. The summed E-state index contributed by atoms with van der Waals surface area (Å²) in [6.45, 7) is 2.16. The predicted octanol–water partition coefficient (Wildman–Crippen LogP) is 2.56. The fourth-order valence-electron chi connectivity index (χ4n) is 2.07. The van der Waals surface area contributed by atoms with Crippen LogP contribution in [0.5, 0.6) is 5.75 Å². The van der Waals surface area contributed by atoms with Crippen LogP contribution < -0.4 is 5.73 Å². The van der Waals surface area contributed by atoms with Crippen LogP contribution in [0.15, 0.2) is 42.5 Å². The molecule has 0 unspecified atom stereocenters. The number of anilines is 1. The van der Waals surface area contributed by atoms with E-state index in [0.717, 1.165) is 5.56 Å². The molecule has 104 valence electrons. The highest BCUT2D eigenvalue weighted by Gasteiger charge is 2.16. The fraction of sp³-hybridized carbons (Fsp3) is 0.188. The molecule has 2 rings (SSSR count). The molecule has 2 aromatic carbocycles. The number of phenolic OH excluding ortho intramolecular Hbond substituents is 1. The molecule has 3 N–H and O–H groups in total. The first-order valence-corrected chi connectivity index (χ1v) is 6.38. The van der Waals surface area contributed by atoms with Crippen LogP contribution in [0.2, 0.25) is 0 Å². The maximum Gasteiger partial charge on any atom is 0.254 e. The Morgan fingerprint density at radius 1 is 1.20 bits per heavy atom. The first-order chi connectivity index (χ1) is 9.50. The van der Waals surface area contributed by atoms with Gasteiger partial charge in [0.25, 0.3) is 5.91 Å². The average molecular weight is 270 g/mol. The van der Waals surface area contributed by atoms with Gasteiger partial charge in [-0.25, -0.2) is 0 Å². The molecule has 0 aliphatic carbocycles.